The fourth-order valence-electron chi connectivity index (χ4n) is 2.05. The smallest absolute Gasteiger partial charge is 0.101 e. The van der Waals surface area contributed by atoms with E-state index in [1.807, 2.05) is 13.2 Å². The predicted octanol–water partition coefficient (Wildman–Crippen LogP) is 4.21. The second kappa shape index (κ2) is 7.50. The van der Waals surface area contributed by atoms with E-state index < -0.39 is 0 Å². The van der Waals surface area contributed by atoms with Gasteiger partial charge in [0.2, 0.25) is 0 Å². The maximum absolute atomic E-state index is 5.38. The van der Waals surface area contributed by atoms with Gasteiger partial charge in [-0.2, -0.15) is 0 Å². The Labute approximate surface area is 99.4 Å². The Morgan fingerprint density at radius 1 is 1.25 bits per heavy atom. The van der Waals surface area contributed by atoms with E-state index in [-0.39, 0.29) is 0 Å². The molecule has 0 aliphatic rings. The molecule has 0 bridgehead atoms. The maximum atomic E-state index is 5.38. The fourth-order valence-corrected chi connectivity index (χ4v) is 2.05. The summed E-state index contributed by atoms with van der Waals surface area (Å²) in [7, 11) is 0. The van der Waals surface area contributed by atoms with Crippen LogP contribution in [-0.4, -0.2) is 6.54 Å². The van der Waals surface area contributed by atoms with Crippen LogP contribution >= 0.6 is 0 Å². The third-order valence-electron chi connectivity index (χ3n) is 2.95. The molecule has 0 saturated carbocycles. The standard InChI is InChI=1S/C14H25NO/c1-4-6-7-8-9-14(15-5-2)13-10-12(3)16-11-13/h10-11,14-15H,4-9H2,1-3H3. The summed E-state index contributed by atoms with van der Waals surface area (Å²) in [5.74, 6) is 1.01. The molecule has 0 aliphatic carbocycles. The van der Waals surface area contributed by atoms with Gasteiger partial charge in [-0.3, -0.25) is 0 Å². The van der Waals surface area contributed by atoms with Gasteiger partial charge in [0.1, 0.15) is 5.76 Å². The van der Waals surface area contributed by atoms with Gasteiger partial charge in [-0.1, -0.05) is 39.5 Å². The van der Waals surface area contributed by atoms with Crippen molar-refractivity contribution >= 4 is 0 Å². The Bertz CT molecular complexity index is 280. The van der Waals surface area contributed by atoms with Crippen molar-refractivity contribution in [3.8, 4) is 0 Å². The van der Waals surface area contributed by atoms with Gasteiger partial charge in [0.05, 0.1) is 6.26 Å². The first-order chi connectivity index (χ1) is 7.77. The Kier molecular flexibility index (Phi) is 6.24. The first kappa shape index (κ1) is 13.3. The molecule has 1 aromatic heterocycles. The zero-order chi connectivity index (χ0) is 11.8. The molecule has 1 heterocycles. The third kappa shape index (κ3) is 4.40. The summed E-state index contributed by atoms with van der Waals surface area (Å²) in [6.07, 6.45) is 8.40. The lowest BCUT2D eigenvalue weighted by Crippen LogP contribution is -2.20. The molecule has 92 valence electrons. The predicted molar refractivity (Wildman–Crippen MR) is 68.6 cm³/mol. The second-order valence-corrected chi connectivity index (χ2v) is 4.45. The zero-order valence-corrected chi connectivity index (χ0v) is 10.9. The molecule has 0 spiro atoms. The minimum Gasteiger partial charge on any atom is -0.469 e. The number of aryl methyl sites for hydroxylation is 1. The molecule has 1 N–H and O–H groups in total. The summed E-state index contributed by atoms with van der Waals surface area (Å²) in [4.78, 5) is 0. The number of furan rings is 1. The molecule has 2 heteroatoms. The van der Waals surface area contributed by atoms with Gasteiger partial charge in [-0.05, 0) is 26.0 Å². The highest BCUT2D eigenvalue weighted by molar-refractivity contribution is 5.16. The van der Waals surface area contributed by atoms with E-state index in [1.165, 1.54) is 37.7 Å². The van der Waals surface area contributed by atoms with Gasteiger partial charge in [0.15, 0.2) is 0 Å². The normalized spacial score (nSPS) is 12.9. The Morgan fingerprint density at radius 2 is 2.06 bits per heavy atom. The minimum atomic E-state index is 0.472. The largest absolute Gasteiger partial charge is 0.469 e. The fraction of sp³-hybridized carbons (Fsp3) is 0.714. The summed E-state index contributed by atoms with van der Waals surface area (Å²) < 4.78 is 5.38. The summed E-state index contributed by atoms with van der Waals surface area (Å²) in [6.45, 7) is 7.43. The van der Waals surface area contributed by atoms with Crippen molar-refractivity contribution < 1.29 is 4.42 Å². The average molecular weight is 223 g/mol. The highest BCUT2D eigenvalue weighted by atomic mass is 16.3. The molecule has 1 unspecified atom stereocenters. The van der Waals surface area contributed by atoms with Crippen LogP contribution in [0.15, 0.2) is 16.7 Å². The van der Waals surface area contributed by atoms with Gasteiger partial charge in [-0.25, -0.2) is 0 Å². The molecular weight excluding hydrogens is 198 g/mol. The van der Waals surface area contributed by atoms with Crippen LogP contribution in [0.2, 0.25) is 0 Å². The molecule has 0 aromatic carbocycles. The zero-order valence-electron chi connectivity index (χ0n) is 10.9. The number of hydrogen-bond acceptors (Lipinski definition) is 2. The molecule has 16 heavy (non-hydrogen) atoms. The summed E-state index contributed by atoms with van der Waals surface area (Å²) in [6, 6.07) is 2.62. The van der Waals surface area contributed by atoms with Crippen molar-refractivity contribution in [2.24, 2.45) is 0 Å². The first-order valence-corrected chi connectivity index (χ1v) is 6.56. The van der Waals surface area contributed by atoms with Gasteiger partial charge in [-0.15, -0.1) is 0 Å². The second-order valence-electron chi connectivity index (χ2n) is 4.45. The Hall–Kier alpha value is -0.760. The van der Waals surface area contributed by atoms with Crippen molar-refractivity contribution in [3.05, 3.63) is 23.7 Å². The molecule has 1 rings (SSSR count). The van der Waals surface area contributed by atoms with Gasteiger partial charge in [0, 0.05) is 11.6 Å². The Balaban J connectivity index is 2.41. The van der Waals surface area contributed by atoms with E-state index in [4.69, 9.17) is 4.42 Å². The summed E-state index contributed by atoms with van der Waals surface area (Å²) in [5, 5.41) is 3.53. The van der Waals surface area contributed by atoms with E-state index in [1.54, 1.807) is 0 Å². The number of rotatable bonds is 8. The molecule has 0 radical (unpaired) electrons. The molecule has 1 atom stereocenters. The third-order valence-corrected chi connectivity index (χ3v) is 2.95. The van der Waals surface area contributed by atoms with E-state index in [0.29, 0.717) is 6.04 Å². The number of hydrogen-bond donors (Lipinski definition) is 1. The monoisotopic (exact) mass is 223 g/mol. The van der Waals surface area contributed by atoms with Crippen LogP contribution in [-0.2, 0) is 0 Å². The van der Waals surface area contributed by atoms with Gasteiger partial charge in [0.25, 0.3) is 0 Å². The topological polar surface area (TPSA) is 25.2 Å². The summed E-state index contributed by atoms with van der Waals surface area (Å²) in [5.41, 5.74) is 1.30. The van der Waals surface area contributed by atoms with Crippen molar-refractivity contribution in [1.29, 1.82) is 0 Å². The van der Waals surface area contributed by atoms with Crippen LogP contribution in [0, 0.1) is 6.92 Å². The lowest BCUT2D eigenvalue weighted by Gasteiger charge is -2.15. The summed E-state index contributed by atoms with van der Waals surface area (Å²) >= 11 is 0. The highest BCUT2D eigenvalue weighted by Crippen LogP contribution is 2.22. The van der Waals surface area contributed by atoms with Crippen LogP contribution in [0.4, 0.5) is 0 Å². The van der Waals surface area contributed by atoms with E-state index >= 15 is 0 Å². The molecular formula is C14H25NO. The van der Waals surface area contributed by atoms with Crippen LogP contribution in [0.1, 0.15) is 63.3 Å². The van der Waals surface area contributed by atoms with E-state index in [9.17, 15) is 0 Å². The van der Waals surface area contributed by atoms with Crippen LogP contribution in [0.25, 0.3) is 0 Å². The van der Waals surface area contributed by atoms with E-state index in [2.05, 4.69) is 25.2 Å². The quantitative estimate of drug-likeness (QED) is 0.668. The average Bonchev–Trinajstić information content (AvgIpc) is 2.69. The lowest BCUT2D eigenvalue weighted by molar-refractivity contribution is 0.471. The molecule has 0 amide bonds. The number of unbranched alkanes of at least 4 members (excludes halogenated alkanes) is 3. The van der Waals surface area contributed by atoms with Gasteiger partial charge < -0.3 is 9.73 Å². The van der Waals surface area contributed by atoms with Crippen molar-refractivity contribution in [3.63, 3.8) is 0 Å². The van der Waals surface area contributed by atoms with Crippen LogP contribution in [0.3, 0.4) is 0 Å². The molecule has 0 aliphatic heterocycles. The SMILES string of the molecule is CCCCCCC(NCC)c1coc(C)c1. The van der Waals surface area contributed by atoms with Crippen molar-refractivity contribution in [2.45, 2.75) is 58.9 Å². The van der Waals surface area contributed by atoms with Crippen molar-refractivity contribution in [1.82, 2.24) is 5.32 Å². The molecule has 0 fully saturated rings. The minimum absolute atomic E-state index is 0.472. The van der Waals surface area contributed by atoms with Gasteiger partial charge >= 0.3 is 0 Å². The van der Waals surface area contributed by atoms with Crippen molar-refractivity contribution in [2.75, 3.05) is 6.54 Å². The first-order valence-electron chi connectivity index (χ1n) is 6.56. The maximum Gasteiger partial charge on any atom is 0.101 e. The molecule has 2 nitrogen and oxygen atoms in total. The number of nitrogens with one attached hydrogen (secondary N) is 1. The van der Waals surface area contributed by atoms with Crippen LogP contribution < -0.4 is 5.32 Å². The van der Waals surface area contributed by atoms with Crippen LogP contribution in [0.5, 0.6) is 0 Å². The Morgan fingerprint density at radius 3 is 2.62 bits per heavy atom. The van der Waals surface area contributed by atoms with E-state index in [0.717, 1.165) is 12.3 Å². The molecule has 1 aromatic rings. The molecule has 0 saturated heterocycles. The highest BCUT2D eigenvalue weighted by Gasteiger charge is 2.11. The lowest BCUT2D eigenvalue weighted by atomic mass is 10.0.